The van der Waals surface area contributed by atoms with Crippen molar-refractivity contribution in [2.45, 2.75) is 56.9 Å². The van der Waals surface area contributed by atoms with Crippen LogP contribution in [0.5, 0.6) is 0 Å². The standard InChI is InChI=1S/C23H26N2O5/c26-19(24-23-10-14-7-15(11-23)9-16(8-14)12-23)13-30-22(29)17-1-3-18(4-2-17)25-20(27)5-6-21(25)28/h1-4,14-16H,5-13H2,(H,24,26). The fraction of sp³-hybridized carbons (Fsp3) is 0.565. The van der Waals surface area contributed by atoms with E-state index in [-0.39, 0.29) is 48.3 Å². The monoisotopic (exact) mass is 410 g/mol. The van der Waals surface area contributed by atoms with Gasteiger partial charge in [-0.3, -0.25) is 19.3 Å². The van der Waals surface area contributed by atoms with Gasteiger partial charge >= 0.3 is 5.97 Å². The Morgan fingerprint density at radius 3 is 2.00 bits per heavy atom. The second-order valence-corrected chi connectivity index (χ2v) is 9.49. The molecular formula is C23H26N2O5. The van der Waals surface area contributed by atoms with Crippen molar-refractivity contribution < 1.29 is 23.9 Å². The highest BCUT2D eigenvalue weighted by Crippen LogP contribution is 2.55. The van der Waals surface area contributed by atoms with E-state index >= 15 is 0 Å². The average molecular weight is 410 g/mol. The van der Waals surface area contributed by atoms with E-state index in [1.807, 2.05) is 0 Å². The summed E-state index contributed by atoms with van der Waals surface area (Å²) < 4.78 is 5.21. The number of nitrogens with zero attached hydrogens (tertiary/aromatic N) is 1. The first-order chi connectivity index (χ1) is 14.4. The van der Waals surface area contributed by atoms with E-state index in [2.05, 4.69) is 5.32 Å². The molecule has 1 N–H and O–H groups in total. The summed E-state index contributed by atoms with van der Waals surface area (Å²) in [6.45, 7) is -0.300. The largest absolute Gasteiger partial charge is 0.452 e. The highest BCUT2D eigenvalue weighted by molar-refractivity contribution is 6.19. The molecule has 0 radical (unpaired) electrons. The Kier molecular flexibility index (Phi) is 4.64. The predicted octanol–water partition coefficient (Wildman–Crippen LogP) is 2.58. The molecule has 4 bridgehead atoms. The van der Waals surface area contributed by atoms with Crippen LogP contribution >= 0.6 is 0 Å². The fourth-order valence-electron chi connectivity index (χ4n) is 6.42. The maximum atomic E-state index is 12.5. The van der Waals surface area contributed by atoms with Crippen LogP contribution < -0.4 is 10.2 Å². The van der Waals surface area contributed by atoms with Gasteiger partial charge in [0.25, 0.3) is 5.91 Å². The summed E-state index contributed by atoms with van der Waals surface area (Å²) in [6, 6.07) is 6.11. The Hall–Kier alpha value is -2.70. The van der Waals surface area contributed by atoms with Crippen LogP contribution in [0.2, 0.25) is 0 Å². The van der Waals surface area contributed by atoms with Crippen molar-refractivity contribution >= 4 is 29.4 Å². The highest BCUT2D eigenvalue weighted by Gasteiger charge is 2.51. The summed E-state index contributed by atoms with van der Waals surface area (Å²) in [4.78, 5) is 49.6. The van der Waals surface area contributed by atoms with E-state index in [1.165, 1.54) is 31.4 Å². The van der Waals surface area contributed by atoms with Gasteiger partial charge in [0.1, 0.15) is 0 Å². The van der Waals surface area contributed by atoms with Crippen LogP contribution in [0.1, 0.15) is 61.7 Å². The molecule has 1 heterocycles. The molecule has 1 aliphatic heterocycles. The van der Waals surface area contributed by atoms with Gasteiger partial charge in [0, 0.05) is 18.4 Å². The summed E-state index contributed by atoms with van der Waals surface area (Å²) >= 11 is 0. The van der Waals surface area contributed by atoms with Crippen LogP contribution in [0.25, 0.3) is 0 Å². The van der Waals surface area contributed by atoms with Gasteiger partial charge in [-0.05, 0) is 80.5 Å². The van der Waals surface area contributed by atoms with Crippen molar-refractivity contribution in [1.29, 1.82) is 0 Å². The van der Waals surface area contributed by atoms with Gasteiger partial charge in [-0.15, -0.1) is 0 Å². The van der Waals surface area contributed by atoms with E-state index in [4.69, 9.17) is 4.74 Å². The molecule has 4 aliphatic carbocycles. The SMILES string of the molecule is O=C(COC(=O)c1ccc(N2C(=O)CCC2=O)cc1)NC12CC3CC(CC(C3)C1)C2. The zero-order chi connectivity index (χ0) is 20.9. The number of hydrogen-bond donors (Lipinski definition) is 1. The Morgan fingerprint density at radius 1 is 0.933 bits per heavy atom. The molecule has 3 amide bonds. The summed E-state index contributed by atoms with van der Waals surface area (Å²) in [5.74, 6) is 0.871. The summed E-state index contributed by atoms with van der Waals surface area (Å²) in [6.07, 6.45) is 7.47. The molecule has 0 aromatic heterocycles. The van der Waals surface area contributed by atoms with Crippen LogP contribution in [-0.4, -0.2) is 35.8 Å². The fourth-order valence-corrected chi connectivity index (χ4v) is 6.42. The van der Waals surface area contributed by atoms with Gasteiger partial charge in [0.05, 0.1) is 11.3 Å². The van der Waals surface area contributed by atoms with Gasteiger partial charge < -0.3 is 10.1 Å². The Bertz CT molecular complexity index is 855. The molecule has 158 valence electrons. The minimum atomic E-state index is -0.596. The number of anilines is 1. The number of nitrogens with one attached hydrogen (secondary N) is 1. The van der Waals surface area contributed by atoms with E-state index < -0.39 is 5.97 Å². The lowest BCUT2D eigenvalue weighted by atomic mass is 9.53. The topological polar surface area (TPSA) is 92.8 Å². The van der Waals surface area contributed by atoms with Crippen molar-refractivity contribution in [3.8, 4) is 0 Å². The lowest BCUT2D eigenvalue weighted by molar-refractivity contribution is -0.130. The Morgan fingerprint density at radius 2 is 1.47 bits per heavy atom. The van der Waals surface area contributed by atoms with Gasteiger partial charge in [0.15, 0.2) is 6.61 Å². The number of rotatable bonds is 5. The molecule has 1 aromatic carbocycles. The molecule has 7 nitrogen and oxygen atoms in total. The van der Waals surface area contributed by atoms with E-state index in [0.717, 1.165) is 41.9 Å². The zero-order valence-electron chi connectivity index (χ0n) is 16.9. The third-order valence-corrected chi connectivity index (χ3v) is 7.19. The number of esters is 1. The lowest BCUT2D eigenvalue weighted by Gasteiger charge is -2.56. The second kappa shape index (κ2) is 7.22. The Balaban J connectivity index is 1.16. The number of imide groups is 1. The molecule has 1 aromatic rings. The quantitative estimate of drug-likeness (QED) is 0.595. The molecule has 7 heteroatoms. The summed E-state index contributed by atoms with van der Waals surface area (Å²) in [5, 5.41) is 3.19. The molecule has 0 unspecified atom stereocenters. The van der Waals surface area contributed by atoms with Crippen molar-refractivity contribution in [3.05, 3.63) is 29.8 Å². The number of carbonyl (C=O) groups is 4. The first-order valence-corrected chi connectivity index (χ1v) is 10.8. The maximum absolute atomic E-state index is 12.5. The number of ether oxygens (including phenoxy) is 1. The number of carbonyl (C=O) groups excluding carboxylic acids is 4. The van der Waals surface area contributed by atoms with Gasteiger partial charge in [-0.2, -0.15) is 0 Å². The third kappa shape index (κ3) is 3.50. The predicted molar refractivity (Wildman–Crippen MR) is 107 cm³/mol. The normalized spacial score (nSPS) is 31.9. The van der Waals surface area contributed by atoms with Crippen molar-refractivity contribution in [2.24, 2.45) is 17.8 Å². The van der Waals surface area contributed by atoms with Crippen LogP contribution in [-0.2, 0) is 19.1 Å². The first kappa shape index (κ1) is 19.3. The number of amides is 3. The Labute approximate surface area is 175 Å². The molecule has 30 heavy (non-hydrogen) atoms. The van der Waals surface area contributed by atoms with Gasteiger partial charge in [0.2, 0.25) is 11.8 Å². The molecule has 0 spiro atoms. The molecule has 6 rings (SSSR count). The lowest BCUT2D eigenvalue weighted by Crippen LogP contribution is -2.60. The minimum absolute atomic E-state index is 0.102. The summed E-state index contributed by atoms with van der Waals surface area (Å²) in [7, 11) is 0. The van der Waals surface area contributed by atoms with E-state index in [1.54, 1.807) is 12.1 Å². The van der Waals surface area contributed by atoms with Crippen molar-refractivity contribution in [1.82, 2.24) is 5.32 Å². The maximum Gasteiger partial charge on any atom is 0.338 e. The van der Waals surface area contributed by atoms with Crippen LogP contribution in [0, 0.1) is 17.8 Å². The molecule has 5 aliphatic rings. The average Bonchev–Trinajstić information content (AvgIpc) is 3.03. The van der Waals surface area contributed by atoms with E-state index in [0.29, 0.717) is 5.69 Å². The smallest absolute Gasteiger partial charge is 0.338 e. The van der Waals surface area contributed by atoms with Gasteiger partial charge in [-0.25, -0.2) is 4.79 Å². The van der Waals surface area contributed by atoms with E-state index in [9.17, 15) is 19.2 Å². The van der Waals surface area contributed by atoms with Crippen molar-refractivity contribution in [3.63, 3.8) is 0 Å². The molecule has 5 fully saturated rings. The minimum Gasteiger partial charge on any atom is -0.452 e. The second-order valence-electron chi connectivity index (χ2n) is 9.49. The molecule has 1 saturated heterocycles. The first-order valence-electron chi connectivity index (χ1n) is 10.8. The molecule has 4 saturated carbocycles. The van der Waals surface area contributed by atoms with Gasteiger partial charge in [-0.1, -0.05) is 0 Å². The van der Waals surface area contributed by atoms with Crippen LogP contribution in [0.15, 0.2) is 24.3 Å². The van der Waals surface area contributed by atoms with Crippen molar-refractivity contribution in [2.75, 3.05) is 11.5 Å². The zero-order valence-corrected chi connectivity index (χ0v) is 16.9. The summed E-state index contributed by atoms with van der Waals surface area (Å²) in [5.41, 5.74) is 0.619. The highest BCUT2D eigenvalue weighted by atomic mass is 16.5. The molecule has 0 atom stereocenters. The van der Waals surface area contributed by atoms with Crippen LogP contribution in [0.4, 0.5) is 5.69 Å². The number of benzene rings is 1. The van der Waals surface area contributed by atoms with Crippen LogP contribution in [0.3, 0.4) is 0 Å². The third-order valence-electron chi connectivity index (χ3n) is 7.19. The number of hydrogen-bond acceptors (Lipinski definition) is 5. The molecular weight excluding hydrogens is 384 g/mol.